The number of thiophene rings is 1. The van der Waals surface area contributed by atoms with Gasteiger partial charge in [-0.2, -0.15) is 5.26 Å². The number of nitrogens with one attached hydrogen (secondary N) is 1. The van der Waals surface area contributed by atoms with Crippen molar-refractivity contribution in [3.63, 3.8) is 0 Å². The number of amides is 1. The zero-order valence-corrected chi connectivity index (χ0v) is 17.8. The largest absolute Gasteiger partial charge is 0.462 e. The summed E-state index contributed by atoms with van der Waals surface area (Å²) in [6, 6.07) is 9.45. The van der Waals surface area contributed by atoms with Gasteiger partial charge in [0, 0.05) is 0 Å². The molecule has 0 aliphatic rings. The molecule has 3 rings (SSSR count). The van der Waals surface area contributed by atoms with E-state index in [1.165, 1.54) is 11.8 Å². The van der Waals surface area contributed by atoms with Gasteiger partial charge in [0.1, 0.15) is 21.5 Å². The molecule has 150 valence electrons. The van der Waals surface area contributed by atoms with Crippen LogP contribution in [0.5, 0.6) is 0 Å². The molecule has 1 aromatic carbocycles. The molecule has 2 heterocycles. The van der Waals surface area contributed by atoms with Crippen molar-refractivity contribution < 1.29 is 18.7 Å². The number of carbonyl (C=O) groups excluding carboxylic acids is 2. The molecular weight excluding hydrogens is 410 g/mol. The van der Waals surface area contributed by atoms with Gasteiger partial charge in [0.25, 0.3) is 5.22 Å². The van der Waals surface area contributed by atoms with Crippen LogP contribution in [0.2, 0.25) is 0 Å². The summed E-state index contributed by atoms with van der Waals surface area (Å²) in [4.78, 5) is 29.6. The second-order valence-electron chi connectivity index (χ2n) is 6.04. The third-order valence-electron chi connectivity index (χ3n) is 4.14. The molecule has 3 aromatic rings. The molecule has 1 atom stereocenters. The van der Waals surface area contributed by atoms with E-state index in [0.29, 0.717) is 32.7 Å². The molecule has 29 heavy (non-hydrogen) atoms. The number of rotatable bonds is 7. The molecule has 7 nitrogen and oxygen atoms in total. The lowest BCUT2D eigenvalue weighted by atomic mass is 10.1. The number of nitrogens with zero attached hydrogens (tertiary/aromatic N) is 2. The van der Waals surface area contributed by atoms with E-state index in [0.717, 1.165) is 16.9 Å². The van der Waals surface area contributed by atoms with E-state index in [9.17, 15) is 14.9 Å². The average molecular weight is 430 g/mol. The molecule has 0 aliphatic carbocycles. The zero-order valence-electron chi connectivity index (χ0n) is 16.1. The number of para-hydroxylation sites is 2. The van der Waals surface area contributed by atoms with Gasteiger partial charge in [-0.3, -0.25) is 4.79 Å². The monoisotopic (exact) mass is 429 g/mol. The van der Waals surface area contributed by atoms with Crippen LogP contribution in [0, 0.1) is 18.3 Å². The molecule has 0 fully saturated rings. The molecular formula is C20H19N3O4S2. The standard InChI is InChI=1S/C20H19N3O4S2/c1-4-15(28-20-22-13-8-6-7-9-14(13)27-20)17(24)23-18-12(10-21)11(3)16(29-18)19(25)26-5-2/h6-9,15H,4-5H2,1-3H3,(H,23,24). The Labute approximate surface area is 176 Å². The number of fused-ring (bicyclic) bond motifs is 1. The minimum atomic E-state index is -0.500. The maximum Gasteiger partial charge on any atom is 0.348 e. The Morgan fingerprint density at radius 2 is 2.14 bits per heavy atom. The van der Waals surface area contributed by atoms with Crippen LogP contribution in [0.15, 0.2) is 33.9 Å². The van der Waals surface area contributed by atoms with Gasteiger partial charge >= 0.3 is 5.97 Å². The van der Waals surface area contributed by atoms with Crippen molar-refractivity contribution in [1.82, 2.24) is 4.98 Å². The fourth-order valence-electron chi connectivity index (χ4n) is 2.67. The Hall–Kier alpha value is -2.83. The Balaban J connectivity index is 1.79. The van der Waals surface area contributed by atoms with Gasteiger partial charge in [-0.1, -0.05) is 30.8 Å². The quantitative estimate of drug-likeness (QED) is 0.426. The molecule has 0 aliphatic heterocycles. The minimum absolute atomic E-state index is 0.235. The number of hydrogen-bond acceptors (Lipinski definition) is 8. The Morgan fingerprint density at radius 3 is 2.79 bits per heavy atom. The molecule has 1 unspecified atom stereocenters. The van der Waals surface area contributed by atoms with E-state index in [-0.39, 0.29) is 18.1 Å². The van der Waals surface area contributed by atoms with Crippen LogP contribution in [-0.2, 0) is 9.53 Å². The van der Waals surface area contributed by atoms with E-state index < -0.39 is 11.2 Å². The topological polar surface area (TPSA) is 105 Å². The number of anilines is 1. The first-order valence-electron chi connectivity index (χ1n) is 9.02. The van der Waals surface area contributed by atoms with E-state index in [1.54, 1.807) is 13.8 Å². The van der Waals surface area contributed by atoms with Crippen molar-refractivity contribution in [2.75, 3.05) is 11.9 Å². The Bertz CT molecular complexity index is 1060. The lowest BCUT2D eigenvalue weighted by molar-refractivity contribution is -0.115. The average Bonchev–Trinajstić information content (AvgIpc) is 3.26. The van der Waals surface area contributed by atoms with Crippen molar-refractivity contribution in [3.8, 4) is 6.07 Å². The first kappa shape index (κ1) is 20.9. The molecule has 2 aromatic heterocycles. The van der Waals surface area contributed by atoms with E-state index in [1.807, 2.05) is 31.2 Å². The van der Waals surface area contributed by atoms with Crippen molar-refractivity contribution in [3.05, 3.63) is 40.3 Å². The molecule has 1 N–H and O–H groups in total. The van der Waals surface area contributed by atoms with Crippen LogP contribution in [0.1, 0.15) is 41.1 Å². The smallest absolute Gasteiger partial charge is 0.348 e. The number of oxazole rings is 1. The van der Waals surface area contributed by atoms with Gasteiger partial charge in [-0.15, -0.1) is 11.3 Å². The SMILES string of the molecule is CCOC(=O)c1sc(NC(=O)C(CC)Sc2nc3ccccc3o2)c(C#N)c1C. The molecule has 1 amide bonds. The van der Waals surface area contributed by atoms with Gasteiger partial charge in [-0.05, 0) is 38.0 Å². The highest BCUT2D eigenvalue weighted by atomic mass is 32.2. The number of esters is 1. The lowest BCUT2D eigenvalue weighted by Gasteiger charge is -2.11. The maximum absolute atomic E-state index is 12.8. The highest BCUT2D eigenvalue weighted by Crippen LogP contribution is 2.35. The van der Waals surface area contributed by atoms with Gasteiger partial charge in [-0.25, -0.2) is 9.78 Å². The van der Waals surface area contributed by atoms with Crippen LogP contribution < -0.4 is 5.32 Å². The Morgan fingerprint density at radius 1 is 1.38 bits per heavy atom. The van der Waals surface area contributed by atoms with Crippen molar-refractivity contribution in [1.29, 1.82) is 5.26 Å². The molecule has 0 saturated carbocycles. The molecule has 0 bridgehead atoms. The summed E-state index contributed by atoms with van der Waals surface area (Å²) in [6.07, 6.45) is 0.534. The number of aromatic nitrogens is 1. The first-order chi connectivity index (χ1) is 14.0. The maximum atomic E-state index is 12.8. The second kappa shape index (κ2) is 9.11. The van der Waals surface area contributed by atoms with Gasteiger partial charge in [0.2, 0.25) is 5.91 Å². The Kier molecular flexibility index (Phi) is 6.56. The van der Waals surface area contributed by atoms with Gasteiger partial charge < -0.3 is 14.5 Å². The number of benzene rings is 1. The summed E-state index contributed by atoms with van der Waals surface area (Å²) < 4.78 is 10.7. The van der Waals surface area contributed by atoms with Crippen molar-refractivity contribution >= 4 is 51.1 Å². The summed E-state index contributed by atoms with van der Waals surface area (Å²) >= 11 is 2.27. The zero-order chi connectivity index (χ0) is 21.0. The number of hydrogen-bond donors (Lipinski definition) is 1. The summed E-state index contributed by atoms with van der Waals surface area (Å²) in [7, 11) is 0. The van der Waals surface area contributed by atoms with Crippen molar-refractivity contribution in [2.45, 2.75) is 37.7 Å². The van der Waals surface area contributed by atoms with E-state index in [2.05, 4.69) is 16.4 Å². The minimum Gasteiger partial charge on any atom is -0.462 e. The van der Waals surface area contributed by atoms with Crippen LogP contribution in [0.25, 0.3) is 11.1 Å². The summed E-state index contributed by atoms with van der Waals surface area (Å²) in [5.41, 5.74) is 2.16. The van der Waals surface area contributed by atoms with Crippen LogP contribution in [0.4, 0.5) is 5.00 Å². The van der Waals surface area contributed by atoms with Crippen LogP contribution in [0.3, 0.4) is 0 Å². The summed E-state index contributed by atoms with van der Waals surface area (Å²) in [5, 5.41) is 12.5. The van der Waals surface area contributed by atoms with Gasteiger partial charge in [0.15, 0.2) is 5.58 Å². The lowest BCUT2D eigenvalue weighted by Crippen LogP contribution is -2.24. The molecule has 0 saturated heterocycles. The fourth-order valence-corrected chi connectivity index (χ4v) is 4.58. The van der Waals surface area contributed by atoms with E-state index >= 15 is 0 Å². The number of ether oxygens (including phenoxy) is 1. The van der Waals surface area contributed by atoms with Crippen LogP contribution in [-0.4, -0.2) is 28.7 Å². The van der Waals surface area contributed by atoms with Gasteiger partial charge in [0.05, 0.1) is 17.4 Å². The normalized spacial score (nSPS) is 11.8. The fraction of sp³-hybridized carbons (Fsp3) is 0.300. The third-order valence-corrected chi connectivity index (χ3v) is 6.53. The molecule has 9 heteroatoms. The summed E-state index contributed by atoms with van der Waals surface area (Å²) in [5.74, 6) is -0.784. The molecule has 0 radical (unpaired) electrons. The van der Waals surface area contributed by atoms with Crippen LogP contribution >= 0.6 is 23.1 Å². The highest BCUT2D eigenvalue weighted by molar-refractivity contribution is 8.00. The summed E-state index contributed by atoms with van der Waals surface area (Å²) in [6.45, 7) is 5.50. The predicted octanol–water partition coefficient (Wildman–Crippen LogP) is 4.76. The number of thioether (sulfide) groups is 1. The van der Waals surface area contributed by atoms with E-state index in [4.69, 9.17) is 9.15 Å². The highest BCUT2D eigenvalue weighted by Gasteiger charge is 2.26. The third kappa shape index (κ3) is 4.44. The second-order valence-corrected chi connectivity index (χ2v) is 8.22. The van der Waals surface area contributed by atoms with Crippen molar-refractivity contribution in [2.24, 2.45) is 0 Å². The predicted molar refractivity (Wildman–Crippen MR) is 112 cm³/mol. The number of nitriles is 1. The number of carbonyl (C=O) groups is 2. The first-order valence-corrected chi connectivity index (χ1v) is 10.7. The molecule has 0 spiro atoms.